The molecule has 11 atom stereocenters. The number of aliphatic hydroxyl groups excluding tert-OH is 1. The molecule has 4 aliphatic carbocycles. The van der Waals surface area contributed by atoms with Gasteiger partial charge >= 0.3 is 5.97 Å². The van der Waals surface area contributed by atoms with Crippen LogP contribution in [0.3, 0.4) is 0 Å². The average molecular weight is 501 g/mol. The molecule has 0 bridgehead atoms. The van der Waals surface area contributed by atoms with Crippen LogP contribution in [0, 0.1) is 56.7 Å². The molecule has 5 unspecified atom stereocenters. The van der Waals surface area contributed by atoms with E-state index in [0.717, 1.165) is 51.2 Å². The van der Waals surface area contributed by atoms with Crippen LogP contribution >= 0.6 is 0 Å². The number of methoxy groups -OCH3 is 1. The van der Waals surface area contributed by atoms with Gasteiger partial charge in [0.2, 0.25) is 0 Å². The fourth-order valence-electron chi connectivity index (χ4n) is 10.7. The van der Waals surface area contributed by atoms with E-state index >= 15 is 0 Å². The van der Waals surface area contributed by atoms with Crippen molar-refractivity contribution in [2.45, 2.75) is 99.2 Å². The summed E-state index contributed by atoms with van der Waals surface area (Å²) in [6.07, 6.45) is 10.2. The Morgan fingerprint density at radius 1 is 1.08 bits per heavy atom. The Morgan fingerprint density at radius 2 is 1.81 bits per heavy atom. The molecule has 5 rings (SSSR count). The van der Waals surface area contributed by atoms with Crippen LogP contribution in [0.1, 0.15) is 92.9 Å². The molecule has 0 spiro atoms. The third kappa shape index (κ3) is 3.20. The van der Waals surface area contributed by atoms with Gasteiger partial charge in [-0.2, -0.15) is 0 Å². The zero-order valence-electron chi connectivity index (χ0n) is 23.6. The second-order valence-electron chi connectivity index (χ2n) is 14.4. The maximum absolute atomic E-state index is 13.4. The minimum Gasteiger partial charge on any atom is -0.469 e. The van der Waals surface area contributed by atoms with E-state index in [4.69, 9.17) is 9.47 Å². The minimum atomic E-state index is -0.836. The lowest BCUT2D eigenvalue weighted by Gasteiger charge is -2.69. The van der Waals surface area contributed by atoms with Gasteiger partial charge < -0.3 is 19.4 Å². The van der Waals surface area contributed by atoms with Crippen LogP contribution in [0.25, 0.3) is 0 Å². The van der Waals surface area contributed by atoms with Gasteiger partial charge in [0, 0.05) is 11.8 Å². The highest BCUT2D eigenvalue weighted by Crippen LogP contribution is 2.75. The second kappa shape index (κ2) is 8.40. The maximum Gasteiger partial charge on any atom is 0.312 e. The summed E-state index contributed by atoms with van der Waals surface area (Å²) >= 11 is 0. The maximum atomic E-state index is 13.4. The molecule has 0 amide bonds. The third-order valence-corrected chi connectivity index (χ3v) is 13.1. The molecule has 4 fully saturated rings. The highest BCUT2D eigenvalue weighted by molar-refractivity contribution is 5.78. The van der Waals surface area contributed by atoms with Crippen molar-refractivity contribution in [3.8, 4) is 0 Å². The van der Waals surface area contributed by atoms with Crippen LogP contribution in [-0.2, 0) is 19.1 Å². The molecule has 5 nitrogen and oxygen atoms in total. The Kier molecular flexibility index (Phi) is 6.16. The molecule has 0 aromatic heterocycles. The Labute approximate surface area is 217 Å². The summed E-state index contributed by atoms with van der Waals surface area (Å²) in [5.41, 5.74) is 0.317. The highest BCUT2D eigenvalue weighted by atomic mass is 16.6. The van der Waals surface area contributed by atoms with Crippen molar-refractivity contribution in [3.05, 3.63) is 11.6 Å². The molecule has 1 N–H and O–H groups in total. The Bertz CT molecular complexity index is 959. The van der Waals surface area contributed by atoms with Crippen LogP contribution in [0.15, 0.2) is 11.6 Å². The first-order valence-electron chi connectivity index (χ1n) is 14.4. The molecule has 1 aliphatic heterocycles. The molecule has 5 aliphatic rings. The van der Waals surface area contributed by atoms with E-state index in [-0.39, 0.29) is 34.1 Å². The largest absolute Gasteiger partial charge is 0.469 e. The predicted molar refractivity (Wildman–Crippen MR) is 139 cm³/mol. The fourth-order valence-corrected chi connectivity index (χ4v) is 10.7. The molecule has 3 saturated carbocycles. The monoisotopic (exact) mass is 500 g/mol. The van der Waals surface area contributed by atoms with Crippen molar-refractivity contribution in [1.82, 2.24) is 0 Å². The van der Waals surface area contributed by atoms with Crippen molar-refractivity contribution in [2.24, 2.45) is 56.7 Å². The van der Waals surface area contributed by atoms with Gasteiger partial charge in [0.1, 0.15) is 6.29 Å². The summed E-state index contributed by atoms with van der Waals surface area (Å²) in [5, 5.41) is 10.8. The first-order valence-corrected chi connectivity index (χ1v) is 14.4. The number of aldehydes is 1. The van der Waals surface area contributed by atoms with Crippen LogP contribution in [0.5, 0.6) is 0 Å². The quantitative estimate of drug-likeness (QED) is 0.289. The first-order chi connectivity index (χ1) is 16.8. The van der Waals surface area contributed by atoms with Gasteiger partial charge in [0.15, 0.2) is 6.29 Å². The van der Waals surface area contributed by atoms with Crippen molar-refractivity contribution < 1.29 is 24.2 Å². The smallest absolute Gasteiger partial charge is 0.312 e. The summed E-state index contributed by atoms with van der Waals surface area (Å²) in [7, 11) is 1.56. The van der Waals surface area contributed by atoms with Gasteiger partial charge in [0.25, 0.3) is 0 Å². The number of hydrogen-bond donors (Lipinski definition) is 1. The van der Waals surface area contributed by atoms with Gasteiger partial charge in [-0.15, -0.1) is 0 Å². The molecular formula is C31H48O5. The van der Waals surface area contributed by atoms with E-state index in [1.54, 1.807) is 7.11 Å². The molecule has 202 valence electrons. The predicted octanol–water partition coefficient (Wildman–Crippen LogP) is 5.94. The summed E-state index contributed by atoms with van der Waals surface area (Å²) in [4.78, 5) is 25.8. The van der Waals surface area contributed by atoms with Crippen molar-refractivity contribution in [1.29, 1.82) is 0 Å². The van der Waals surface area contributed by atoms with Crippen molar-refractivity contribution in [3.63, 3.8) is 0 Å². The standard InChI is InChI=1S/C31H48O5/c1-19-10-13-31(26(34)35-7)15-14-29(5)21(25(31)20(19)2)8-9-23-28(4)16-24(33)36-18-27(3,17-32)22(28)11-12-30(23,29)6/h8,17,19-20,22-25,33H,9-16,18H2,1-7H3/t19-,20+,22?,23?,24?,25?,27+,28+,29-,30-,31?/m1/s1. The van der Waals surface area contributed by atoms with E-state index < -0.39 is 17.1 Å². The normalized spacial score (nSPS) is 54.5. The average Bonchev–Trinajstić information content (AvgIpc) is 2.94. The lowest BCUT2D eigenvalue weighted by Crippen LogP contribution is -2.64. The molecule has 36 heavy (non-hydrogen) atoms. The molecule has 5 heteroatoms. The van der Waals surface area contributed by atoms with Gasteiger partial charge in [-0.3, -0.25) is 4.79 Å². The van der Waals surface area contributed by atoms with Gasteiger partial charge in [-0.05, 0) is 90.8 Å². The zero-order chi connectivity index (χ0) is 26.3. The Morgan fingerprint density at radius 3 is 2.47 bits per heavy atom. The number of allylic oxidation sites excluding steroid dienone is 2. The van der Waals surface area contributed by atoms with E-state index in [0.29, 0.717) is 30.8 Å². The number of ether oxygens (including phenoxy) is 2. The second-order valence-corrected chi connectivity index (χ2v) is 14.4. The van der Waals surface area contributed by atoms with Crippen LogP contribution in [-0.4, -0.2) is 37.4 Å². The van der Waals surface area contributed by atoms with Crippen molar-refractivity contribution >= 4 is 12.3 Å². The number of aliphatic hydroxyl groups is 1. The van der Waals surface area contributed by atoms with Crippen LogP contribution in [0.4, 0.5) is 0 Å². The molecule has 0 aromatic carbocycles. The number of rotatable bonds is 2. The fraction of sp³-hybridized carbons (Fsp3) is 0.871. The lowest BCUT2D eigenvalue weighted by molar-refractivity contribution is -0.186. The van der Waals surface area contributed by atoms with Gasteiger partial charge in [-0.1, -0.05) is 53.2 Å². The molecule has 1 saturated heterocycles. The molecule has 0 radical (unpaired) electrons. The van der Waals surface area contributed by atoms with Crippen LogP contribution in [0.2, 0.25) is 0 Å². The van der Waals surface area contributed by atoms with E-state index in [1.165, 1.54) is 5.57 Å². The van der Waals surface area contributed by atoms with E-state index in [9.17, 15) is 14.7 Å². The lowest BCUT2D eigenvalue weighted by atomic mass is 9.34. The first kappa shape index (κ1) is 26.4. The molecule has 0 aromatic rings. The molecule has 1 heterocycles. The summed E-state index contributed by atoms with van der Waals surface area (Å²) < 4.78 is 11.3. The number of carbonyl (C=O) groups excluding carboxylic acids is 2. The van der Waals surface area contributed by atoms with Crippen molar-refractivity contribution in [2.75, 3.05) is 13.7 Å². The van der Waals surface area contributed by atoms with E-state index in [2.05, 4.69) is 40.7 Å². The summed E-state index contributed by atoms with van der Waals surface area (Å²) in [6.45, 7) is 14.3. The Balaban J connectivity index is 1.63. The topological polar surface area (TPSA) is 72.8 Å². The number of hydrogen-bond acceptors (Lipinski definition) is 5. The van der Waals surface area contributed by atoms with Gasteiger partial charge in [0.05, 0.1) is 19.1 Å². The number of esters is 1. The minimum absolute atomic E-state index is 0.0112. The number of carbonyl (C=O) groups is 2. The summed E-state index contributed by atoms with van der Waals surface area (Å²) in [6, 6.07) is 0. The number of fused-ring (bicyclic) bond motifs is 7. The van der Waals surface area contributed by atoms with E-state index in [1.807, 2.05) is 6.92 Å². The SMILES string of the molecule is COC(=O)C12CC[C@@H](C)[C@H](C)C1C1=CCC3[C@@]4(C)CC(O)OC[C@](C)(C=O)C4CC[C@@]3(C)[C@]1(C)CC2. The highest BCUT2D eigenvalue weighted by Gasteiger charge is 2.69. The zero-order valence-corrected chi connectivity index (χ0v) is 23.6. The third-order valence-electron chi connectivity index (χ3n) is 13.1. The Hall–Kier alpha value is -1.20. The molecular weight excluding hydrogens is 452 g/mol. The summed E-state index contributed by atoms with van der Waals surface area (Å²) in [5.74, 6) is 1.75. The van der Waals surface area contributed by atoms with Gasteiger partial charge in [-0.25, -0.2) is 0 Å². The van der Waals surface area contributed by atoms with Crippen LogP contribution < -0.4 is 0 Å².